The van der Waals surface area contributed by atoms with Gasteiger partial charge in [0, 0.05) is 6.42 Å². The number of carbonyl (C=O) groups excluding carboxylic acids is 1. The zero-order chi connectivity index (χ0) is 40.0. The van der Waals surface area contributed by atoms with E-state index < -0.39 is 20.0 Å². The number of quaternary nitrogens is 1. The molecule has 0 aromatic carbocycles. The summed E-state index contributed by atoms with van der Waals surface area (Å²) in [5.41, 5.74) is 0. The second kappa shape index (κ2) is 36.6. The molecule has 0 spiro atoms. The van der Waals surface area contributed by atoms with Crippen LogP contribution < -0.4 is 0 Å². The fraction of sp³-hybridized carbons (Fsp3) is 0.750. The van der Waals surface area contributed by atoms with Crippen molar-refractivity contribution in [3.63, 3.8) is 0 Å². The molecule has 2 unspecified atom stereocenters. The second-order valence-electron chi connectivity index (χ2n) is 15.3. The van der Waals surface area contributed by atoms with E-state index in [1.165, 1.54) is 89.9 Å². The summed E-state index contributed by atoms with van der Waals surface area (Å²) in [6.45, 7) is 4.70. The van der Waals surface area contributed by atoms with Crippen LogP contribution in [0.4, 0.5) is 0 Å². The van der Waals surface area contributed by atoms with Gasteiger partial charge in [-0.1, -0.05) is 146 Å². The predicted octanol–water partition coefficient (Wildman–Crippen LogP) is 11.5. The van der Waals surface area contributed by atoms with Crippen LogP contribution in [0.1, 0.15) is 155 Å². The van der Waals surface area contributed by atoms with E-state index in [9.17, 15) is 19.4 Å². The topological polar surface area (TPSA) is 112 Å². The van der Waals surface area contributed by atoms with E-state index in [0.29, 0.717) is 30.3 Å². The first-order valence-corrected chi connectivity index (χ1v) is 22.7. The molecular weight excluding hydrogens is 701 g/mol. The monoisotopic (exact) mass is 783 g/mol. The van der Waals surface area contributed by atoms with Crippen LogP contribution in [0.5, 0.6) is 0 Å². The molecule has 0 saturated carbocycles. The molecule has 54 heavy (non-hydrogen) atoms. The maximum Gasteiger partial charge on any atom is 0.472 e. The van der Waals surface area contributed by atoms with E-state index in [0.717, 1.165) is 25.7 Å². The van der Waals surface area contributed by atoms with Crippen molar-refractivity contribution in [1.82, 2.24) is 0 Å². The second-order valence-corrected chi connectivity index (χ2v) is 16.7. The minimum absolute atomic E-state index is 0.0657. The summed E-state index contributed by atoms with van der Waals surface area (Å²) in [4.78, 5) is 22.6. The minimum Gasteiger partial charge on any atom is -0.492 e. The van der Waals surface area contributed by atoms with Crippen LogP contribution in [0.3, 0.4) is 0 Å². The van der Waals surface area contributed by atoms with Gasteiger partial charge in [-0.25, -0.2) is 4.57 Å². The molecule has 0 radical (unpaired) electrons. The van der Waals surface area contributed by atoms with Crippen LogP contribution in [-0.2, 0) is 27.9 Å². The van der Waals surface area contributed by atoms with E-state index in [4.69, 9.17) is 18.5 Å². The van der Waals surface area contributed by atoms with Gasteiger partial charge in [-0.2, -0.15) is 0 Å². The van der Waals surface area contributed by atoms with Crippen molar-refractivity contribution >= 4 is 13.8 Å². The standard InChI is InChI=1S/C44H80NO8P/c1-6-8-10-12-14-16-17-18-19-20-22-24-29-33-38-50-43(41-53-54(48,49)52-39-37-45(3,4)5)40-51-44(47)36-32-28-25-27-31-35-42(46)34-30-26-23-21-15-13-11-9-7-2/h15,21,25-27,30-31,33,35,38,42-43,46H,6-14,16-20,22-24,28-29,32,34,36-37,39-41H2,1-5H3/p+1/b21-15-,27-25+,30-26-,35-31-,38-33+/t42?,43-/m1/s1. The molecule has 314 valence electrons. The van der Waals surface area contributed by atoms with Gasteiger partial charge in [-0.05, 0) is 57.4 Å². The quantitative estimate of drug-likeness (QED) is 0.0121. The zero-order valence-electron chi connectivity index (χ0n) is 35.1. The Kier molecular flexibility index (Phi) is 35.3. The number of aliphatic hydroxyl groups is 1. The summed E-state index contributed by atoms with van der Waals surface area (Å²) in [6, 6.07) is 0. The minimum atomic E-state index is -4.30. The van der Waals surface area contributed by atoms with Gasteiger partial charge in [0.15, 0.2) is 6.10 Å². The molecule has 0 aromatic heterocycles. The van der Waals surface area contributed by atoms with Crippen molar-refractivity contribution in [1.29, 1.82) is 0 Å². The van der Waals surface area contributed by atoms with Gasteiger partial charge in [0.2, 0.25) is 0 Å². The lowest BCUT2D eigenvalue weighted by atomic mass is 10.0. The molecule has 0 rings (SSSR count). The third-order valence-corrected chi connectivity index (χ3v) is 9.74. The number of allylic oxidation sites excluding steroid dienone is 7. The molecule has 0 amide bonds. The number of rotatable bonds is 38. The van der Waals surface area contributed by atoms with Crippen LogP contribution in [0.15, 0.2) is 60.9 Å². The maximum absolute atomic E-state index is 12.5. The van der Waals surface area contributed by atoms with Crippen LogP contribution in [0.25, 0.3) is 0 Å². The van der Waals surface area contributed by atoms with Crippen molar-refractivity contribution in [3.05, 3.63) is 60.9 Å². The molecule has 0 aliphatic rings. The van der Waals surface area contributed by atoms with Crippen molar-refractivity contribution in [2.24, 2.45) is 0 Å². The molecule has 3 atom stereocenters. The molecule has 10 heteroatoms. The predicted molar refractivity (Wildman–Crippen MR) is 225 cm³/mol. The summed E-state index contributed by atoms with van der Waals surface area (Å²) in [5, 5.41) is 10.1. The first-order chi connectivity index (χ1) is 26.0. The Labute approximate surface area is 331 Å². The Balaban J connectivity index is 4.50. The fourth-order valence-electron chi connectivity index (χ4n) is 5.31. The Morgan fingerprint density at radius 1 is 0.685 bits per heavy atom. The number of carbonyl (C=O) groups is 1. The SMILES string of the molecule is CCCCC/C=C\C/C=C\CC(O)/C=C\C=C\CCCC(=O)OC[C@H](COP(=O)(O)OCC[N+](C)(C)C)O/C=C/CCCCCCCCCCCCCC. The molecule has 0 heterocycles. The summed E-state index contributed by atoms with van der Waals surface area (Å²) < 4.78 is 34.6. The normalized spacial score (nSPS) is 14.9. The number of phosphoric ester groups is 1. The molecule has 0 aliphatic heterocycles. The Morgan fingerprint density at radius 3 is 1.93 bits per heavy atom. The fourth-order valence-corrected chi connectivity index (χ4v) is 6.06. The van der Waals surface area contributed by atoms with E-state index in [1.54, 1.807) is 12.3 Å². The highest BCUT2D eigenvalue weighted by Gasteiger charge is 2.25. The average Bonchev–Trinajstić information content (AvgIpc) is 3.12. The van der Waals surface area contributed by atoms with E-state index in [2.05, 4.69) is 32.1 Å². The highest BCUT2D eigenvalue weighted by atomic mass is 31.2. The van der Waals surface area contributed by atoms with Crippen molar-refractivity contribution in [3.8, 4) is 0 Å². The van der Waals surface area contributed by atoms with E-state index >= 15 is 0 Å². The number of hydrogen-bond acceptors (Lipinski definition) is 7. The number of nitrogens with zero attached hydrogens (tertiary/aromatic N) is 1. The van der Waals surface area contributed by atoms with Crippen molar-refractivity contribution in [2.75, 3.05) is 47.5 Å². The summed E-state index contributed by atoms with van der Waals surface area (Å²) in [5.74, 6) is -0.377. The third-order valence-electron chi connectivity index (χ3n) is 8.75. The van der Waals surface area contributed by atoms with Crippen LogP contribution in [-0.4, -0.2) is 80.2 Å². The van der Waals surface area contributed by atoms with Crippen LogP contribution in [0.2, 0.25) is 0 Å². The lowest BCUT2D eigenvalue weighted by Gasteiger charge is -2.24. The van der Waals surface area contributed by atoms with Gasteiger partial charge in [-0.15, -0.1) is 0 Å². The zero-order valence-corrected chi connectivity index (χ0v) is 35.9. The molecule has 0 aromatic rings. The molecule has 0 fully saturated rings. The van der Waals surface area contributed by atoms with Crippen molar-refractivity contribution in [2.45, 2.75) is 167 Å². The number of likely N-dealkylation sites (N-methyl/N-ethyl adjacent to an activating group) is 1. The largest absolute Gasteiger partial charge is 0.492 e. The molecule has 0 aliphatic carbocycles. The number of esters is 1. The van der Waals surface area contributed by atoms with Crippen LogP contribution in [0, 0.1) is 0 Å². The average molecular weight is 783 g/mol. The molecule has 9 nitrogen and oxygen atoms in total. The Morgan fingerprint density at radius 2 is 1.26 bits per heavy atom. The number of ether oxygens (including phenoxy) is 2. The number of hydrogen-bond donors (Lipinski definition) is 2. The molecular formula is C44H81NO8P+. The number of unbranched alkanes of at least 4 members (excludes halogenated alkanes) is 16. The number of aliphatic hydroxyl groups excluding tert-OH is 1. The smallest absolute Gasteiger partial charge is 0.472 e. The summed E-state index contributed by atoms with van der Waals surface area (Å²) in [7, 11) is 1.59. The highest BCUT2D eigenvalue weighted by molar-refractivity contribution is 7.47. The molecule has 0 saturated heterocycles. The van der Waals surface area contributed by atoms with Crippen molar-refractivity contribution < 1.29 is 42.4 Å². The first kappa shape index (κ1) is 52.0. The molecule has 0 bridgehead atoms. The number of phosphoric acid groups is 1. The molecule has 2 N–H and O–H groups in total. The van der Waals surface area contributed by atoms with Crippen LogP contribution >= 0.6 is 7.82 Å². The third kappa shape index (κ3) is 39.7. The Hall–Kier alpha value is -2.00. The maximum atomic E-state index is 12.5. The Bertz CT molecular complexity index is 1070. The van der Waals surface area contributed by atoms with Gasteiger partial charge in [0.25, 0.3) is 0 Å². The van der Waals surface area contributed by atoms with Gasteiger partial charge in [-0.3, -0.25) is 13.8 Å². The van der Waals surface area contributed by atoms with E-state index in [1.807, 2.05) is 51.5 Å². The lowest BCUT2D eigenvalue weighted by Crippen LogP contribution is -2.37. The summed E-state index contributed by atoms with van der Waals surface area (Å²) in [6.07, 6.45) is 42.4. The lowest BCUT2D eigenvalue weighted by molar-refractivity contribution is -0.870. The first-order valence-electron chi connectivity index (χ1n) is 21.2. The summed E-state index contributed by atoms with van der Waals surface area (Å²) >= 11 is 0. The van der Waals surface area contributed by atoms with Gasteiger partial charge in [0.05, 0.1) is 40.1 Å². The highest BCUT2D eigenvalue weighted by Crippen LogP contribution is 2.43. The van der Waals surface area contributed by atoms with Gasteiger partial charge < -0.3 is 24.0 Å². The van der Waals surface area contributed by atoms with Gasteiger partial charge >= 0.3 is 13.8 Å². The van der Waals surface area contributed by atoms with Gasteiger partial charge in [0.1, 0.15) is 19.8 Å². The van der Waals surface area contributed by atoms with E-state index in [-0.39, 0.29) is 32.2 Å².